The van der Waals surface area contributed by atoms with Crippen molar-refractivity contribution in [2.45, 2.75) is 20.3 Å². The summed E-state index contributed by atoms with van der Waals surface area (Å²) in [6.45, 7) is 4.35. The molecule has 0 amide bonds. The van der Waals surface area contributed by atoms with Crippen LogP contribution < -0.4 is 0 Å². The molecule has 0 aliphatic carbocycles. The van der Waals surface area contributed by atoms with Crippen LogP contribution in [0.2, 0.25) is 0 Å². The quantitative estimate of drug-likeness (QED) is 0.709. The van der Waals surface area contributed by atoms with Gasteiger partial charge in [-0.05, 0) is 71.8 Å². The van der Waals surface area contributed by atoms with E-state index in [9.17, 15) is 0 Å². The Morgan fingerprint density at radius 1 is 1.13 bits per heavy atom. The average molecular weight is 328 g/mol. The molecule has 0 saturated carbocycles. The van der Waals surface area contributed by atoms with Gasteiger partial charge < -0.3 is 0 Å². The van der Waals surface area contributed by atoms with E-state index in [0.29, 0.717) is 0 Å². The predicted molar refractivity (Wildman–Crippen MR) is 75.8 cm³/mol. The highest BCUT2D eigenvalue weighted by molar-refractivity contribution is 14.1. The van der Waals surface area contributed by atoms with Crippen molar-refractivity contribution in [2.75, 3.05) is 0 Å². The number of aryl methyl sites for hydroxylation is 2. The molecule has 0 atom stereocenters. The molecule has 1 aromatic carbocycles. The minimum Gasteiger partial charge on any atom is -0.145 e. The van der Waals surface area contributed by atoms with Crippen molar-refractivity contribution in [3.05, 3.63) is 54.8 Å². The molecular formula is C13H13IS. The Bertz CT molecular complexity index is 471. The Kier molecular flexibility index (Phi) is 3.46. The van der Waals surface area contributed by atoms with Gasteiger partial charge in [0.15, 0.2) is 0 Å². The number of rotatable bonds is 2. The molecule has 0 bridgehead atoms. The summed E-state index contributed by atoms with van der Waals surface area (Å²) >= 11 is 4.27. The summed E-state index contributed by atoms with van der Waals surface area (Å²) in [4.78, 5) is 2.85. The zero-order valence-corrected chi connectivity index (χ0v) is 11.9. The van der Waals surface area contributed by atoms with Gasteiger partial charge in [0.05, 0.1) is 0 Å². The summed E-state index contributed by atoms with van der Waals surface area (Å²) in [7, 11) is 0. The highest BCUT2D eigenvalue weighted by Gasteiger charge is 2.02. The lowest BCUT2D eigenvalue weighted by Crippen LogP contribution is -1.90. The fourth-order valence-electron chi connectivity index (χ4n) is 1.60. The number of benzene rings is 1. The Hall–Kier alpha value is -0.350. The van der Waals surface area contributed by atoms with Crippen LogP contribution in [-0.4, -0.2) is 0 Å². The summed E-state index contributed by atoms with van der Waals surface area (Å²) < 4.78 is 1.32. The van der Waals surface area contributed by atoms with Gasteiger partial charge in [0, 0.05) is 19.7 Å². The number of hydrogen-bond donors (Lipinski definition) is 0. The third-order valence-electron chi connectivity index (χ3n) is 2.47. The number of thiophene rings is 1. The highest BCUT2D eigenvalue weighted by atomic mass is 127. The van der Waals surface area contributed by atoms with Crippen molar-refractivity contribution in [3.8, 4) is 0 Å². The Labute approximate surface area is 108 Å². The van der Waals surface area contributed by atoms with Crippen molar-refractivity contribution in [1.29, 1.82) is 0 Å². The lowest BCUT2D eigenvalue weighted by atomic mass is 10.1. The Morgan fingerprint density at radius 2 is 1.93 bits per heavy atom. The molecule has 0 spiro atoms. The van der Waals surface area contributed by atoms with Crippen molar-refractivity contribution in [1.82, 2.24) is 0 Å². The molecule has 0 fully saturated rings. The van der Waals surface area contributed by atoms with E-state index in [0.717, 1.165) is 6.42 Å². The molecule has 0 aliphatic heterocycles. The van der Waals surface area contributed by atoms with Crippen LogP contribution in [0.25, 0.3) is 0 Å². The summed E-state index contributed by atoms with van der Waals surface area (Å²) in [5.74, 6) is 0. The molecule has 0 aliphatic rings. The molecule has 2 aromatic rings. The van der Waals surface area contributed by atoms with E-state index in [2.05, 4.69) is 66.8 Å². The number of hydrogen-bond acceptors (Lipinski definition) is 1. The zero-order chi connectivity index (χ0) is 10.8. The van der Waals surface area contributed by atoms with Crippen LogP contribution in [0.1, 0.15) is 20.9 Å². The second kappa shape index (κ2) is 4.66. The molecule has 1 aromatic heterocycles. The predicted octanol–water partition coefficient (Wildman–Crippen LogP) is 4.56. The third kappa shape index (κ3) is 2.82. The summed E-state index contributed by atoms with van der Waals surface area (Å²) in [5, 5.41) is 0. The summed E-state index contributed by atoms with van der Waals surface area (Å²) in [6, 6.07) is 11.1. The third-order valence-corrected chi connectivity index (χ3v) is 4.14. The van der Waals surface area contributed by atoms with Crippen molar-refractivity contribution in [2.24, 2.45) is 0 Å². The first-order valence-corrected chi connectivity index (χ1v) is 6.85. The van der Waals surface area contributed by atoms with Gasteiger partial charge in [0.25, 0.3) is 0 Å². The normalized spacial score (nSPS) is 10.6. The molecule has 2 heteroatoms. The van der Waals surface area contributed by atoms with Crippen LogP contribution in [0, 0.1) is 17.4 Å². The lowest BCUT2D eigenvalue weighted by Gasteiger charge is -2.04. The van der Waals surface area contributed by atoms with Gasteiger partial charge in [0.2, 0.25) is 0 Å². The molecule has 0 N–H and O–H groups in total. The monoisotopic (exact) mass is 328 g/mol. The van der Waals surface area contributed by atoms with Gasteiger partial charge in [-0.25, -0.2) is 0 Å². The van der Waals surface area contributed by atoms with Crippen molar-refractivity contribution in [3.63, 3.8) is 0 Å². The Balaban J connectivity index is 2.27. The molecular weight excluding hydrogens is 315 g/mol. The Morgan fingerprint density at radius 3 is 2.60 bits per heavy atom. The van der Waals surface area contributed by atoms with E-state index in [1.165, 1.54) is 24.5 Å². The minimum absolute atomic E-state index is 1.07. The number of halogens is 1. The average Bonchev–Trinajstić information content (AvgIpc) is 2.58. The maximum atomic E-state index is 2.37. The van der Waals surface area contributed by atoms with Gasteiger partial charge in [-0.15, -0.1) is 11.3 Å². The zero-order valence-electron chi connectivity index (χ0n) is 8.88. The van der Waals surface area contributed by atoms with E-state index in [4.69, 9.17) is 0 Å². The summed E-state index contributed by atoms with van der Waals surface area (Å²) in [6.07, 6.45) is 1.07. The summed E-state index contributed by atoms with van der Waals surface area (Å²) in [5.41, 5.74) is 2.84. The van der Waals surface area contributed by atoms with Gasteiger partial charge >= 0.3 is 0 Å². The first-order chi connectivity index (χ1) is 7.15. The van der Waals surface area contributed by atoms with Crippen LogP contribution in [-0.2, 0) is 6.42 Å². The topological polar surface area (TPSA) is 0 Å². The molecule has 0 nitrogen and oxygen atoms in total. The van der Waals surface area contributed by atoms with E-state index in [1.807, 2.05) is 11.3 Å². The van der Waals surface area contributed by atoms with Crippen molar-refractivity contribution >= 4 is 33.9 Å². The molecule has 2 rings (SSSR count). The van der Waals surface area contributed by atoms with Gasteiger partial charge in [-0.3, -0.25) is 0 Å². The highest BCUT2D eigenvalue weighted by Crippen LogP contribution is 2.22. The van der Waals surface area contributed by atoms with E-state index < -0.39 is 0 Å². The molecule has 0 unspecified atom stereocenters. The molecule has 15 heavy (non-hydrogen) atoms. The lowest BCUT2D eigenvalue weighted by molar-refractivity contribution is 1.19. The van der Waals surface area contributed by atoms with E-state index in [-0.39, 0.29) is 0 Å². The molecule has 0 saturated heterocycles. The van der Waals surface area contributed by atoms with Crippen LogP contribution in [0.4, 0.5) is 0 Å². The van der Waals surface area contributed by atoms with E-state index in [1.54, 1.807) is 0 Å². The second-order valence-electron chi connectivity index (χ2n) is 3.76. The molecule has 78 valence electrons. The first-order valence-electron chi connectivity index (χ1n) is 4.95. The first kappa shape index (κ1) is 11.1. The van der Waals surface area contributed by atoms with Crippen LogP contribution in [0.3, 0.4) is 0 Å². The van der Waals surface area contributed by atoms with Crippen LogP contribution in [0.15, 0.2) is 30.3 Å². The van der Waals surface area contributed by atoms with Gasteiger partial charge in [0.1, 0.15) is 0 Å². The van der Waals surface area contributed by atoms with E-state index >= 15 is 0 Å². The van der Waals surface area contributed by atoms with Gasteiger partial charge in [-0.1, -0.05) is 6.07 Å². The minimum atomic E-state index is 1.07. The SMILES string of the molecule is Cc1ccc(Cc2cc(I)ccc2C)s1. The fourth-order valence-corrected chi connectivity index (χ4v) is 3.07. The van der Waals surface area contributed by atoms with Crippen molar-refractivity contribution < 1.29 is 0 Å². The second-order valence-corrected chi connectivity index (χ2v) is 6.38. The largest absolute Gasteiger partial charge is 0.145 e. The van der Waals surface area contributed by atoms with Crippen LogP contribution in [0.5, 0.6) is 0 Å². The maximum absolute atomic E-state index is 2.37. The maximum Gasteiger partial charge on any atom is 0.0133 e. The molecule has 1 heterocycles. The fraction of sp³-hybridized carbons (Fsp3) is 0.231. The molecule has 0 radical (unpaired) electrons. The smallest absolute Gasteiger partial charge is 0.0133 e. The van der Waals surface area contributed by atoms with Crippen LogP contribution >= 0.6 is 33.9 Å². The standard InChI is InChI=1S/C13H13IS/c1-9-3-5-12(14)7-11(9)8-13-6-4-10(2)15-13/h3-7H,8H2,1-2H3. The van der Waals surface area contributed by atoms with Gasteiger partial charge in [-0.2, -0.15) is 0 Å².